The molecule has 132 valence electrons. The van der Waals surface area contributed by atoms with Crippen molar-refractivity contribution < 1.29 is 9.90 Å². The molecular weight excluding hydrogens is 300 g/mol. The van der Waals surface area contributed by atoms with Crippen LogP contribution in [0.25, 0.3) is 0 Å². The van der Waals surface area contributed by atoms with Crippen molar-refractivity contribution in [3.8, 4) is 0 Å². The van der Waals surface area contributed by atoms with Crippen LogP contribution in [-0.2, 0) is 0 Å². The van der Waals surface area contributed by atoms with Crippen LogP contribution in [0, 0.1) is 0 Å². The number of amides is 2. The van der Waals surface area contributed by atoms with E-state index in [0.29, 0.717) is 25.0 Å². The Labute approximate surface area is 145 Å². The largest absolute Gasteiger partial charge is 0.393 e. The number of hydrogen-bond donors (Lipinski definition) is 2. The standard InChI is InChI=1S/C20H30N2O2/c1-15(23)13-17(16-7-3-2-4-8-16)14-21-20(24)22(19-11-12-19)18-9-5-6-10-18/h2-4,7-8,15,17-19,23H,5-6,9-14H2,1H3,(H,21,24). The van der Waals surface area contributed by atoms with E-state index in [2.05, 4.69) is 22.3 Å². The summed E-state index contributed by atoms with van der Waals surface area (Å²) in [5.41, 5.74) is 1.18. The van der Waals surface area contributed by atoms with Crippen LogP contribution >= 0.6 is 0 Å². The van der Waals surface area contributed by atoms with Crippen LogP contribution in [0.15, 0.2) is 30.3 Å². The van der Waals surface area contributed by atoms with E-state index in [1.54, 1.807) is 0 Å². The predicted octanol–water partition coefficient (Wildman–Crippen LogP) is 3.66. The highest BCUT2D eigenvalue weighted by Crippen LogP contribution is 2.34. The Morgan fingerprint density at radius 1 is 1.17 bits per heavy atom. The summed E-state index contributed by atoms with van der Waals surface area (Å²) in [6, 6.07) is 11.2. The maximum atomic E-state index is 12.8. The molecule has 2 atom stereocenters. The Hall–Kier alpha value is -1.55. The molecule has 1 aromatic carbocycles. The lowest BCUT2D eigenvalue weighted by atomic mass is 9.93. The molecule has 2 aliphatic carbocycles. The molecule has 2 unspecified atom stereocenters. The minimum atomic E-state index is -0.374. The first-order chi connectivity index (χ1) is 11.6. The van der Waals surface area contributed by atoms with Gasteiger partial charge in [0.15, 0.2) is 0 Å². The second-order valence-corrected chi connectivity index (χ2v) is 7.46. The molecule has 0 spiro atoms. The van der Waals surface area contributed by atoms with Crippen molar-refractivity contribution in [3.63, 3.8) is 0 Å². The van der Waals surface area contributed by atoms with E-state index in [9.17, 15) is 9.90 Å². The van der Waals surface area contributed by atoms with E-state index < -0.39 is 0 Å². The smallest absolute Gasteiger partial charge is 0.317 e. The van der Waals surface area contributed by atoms with E-state index in [1.165, 1.54) is 18.4 Å². The normalized spacial score (nSPS) is 20.6. The van der Waals surface area contributed by atoms with Gasteiger partial charge >= 0.3 is 6.03 Å². The number of carbonyl (C=O) groups excluding carboxylic acids is 1. The van der Waals surface area contributed by atoms with Crippen LogP contribution in [0.2, 0.25) is 0 Å². The average Bonchev–Trinajstić information content (AvgIpc) is 3.26. The highest BCUT2D eigenvalue weighted by Gasteiger charge is 2.38. The molecule has 0 aliphatic heterocycles. The van der Waals surface area contributed by atoms with Crippen molar-refractivity contribution in [3.05, 3.63) is 35.9 Å². The number of nitrogens with zero attached hydrogens (tertiary/aromatic N) is 1. The van der Waals surface area contributed by atoms with Crippen LogP contribution < -0.4 is 5.32 Å². The number of aliphatic hydroxyl groups excluding tert-OH is 1. The highest BCUT2D eigenvalue weighted by atomic mass is 16.3. The summed E-state index contributed by atoms with van der Waals surface area (Å²) in [5, 5.41) is 13.0. The summed E-state index contributed by atoms with van der Waals surface area (Å²) in [7, 11) is 0. The summed E-state index contributed by atoms with van der Waals surface area (Å²) in [6.07, 6.45) is 7.39. The SMILES string of the molecule is CC(O)CC(CNC(=O)N(C1CCCC1)C1CC1)c1ccccc1. The molecular formula is C20H30N2O2. The molecule has 2 amide bonds. The molecule has 4 heteroatoms. The second kappa shape index (κ2) is 8.02. The monoisotopic (exact) mass is 330 g/mol. The molecule has 24 heavy (non-hydrogen) atoms. The molecule has 2 saturated carbocycles. The van der Waals surface area contributed by atoms with Gasteiger partial charge in [-0.15, -0.1) is 0 Å². The van der Waals surface area contributed by atoms with Crippen molar-refractivity contribution in [2.75, 3.05) is 6.54 Å². The fourth-order valence-electron chi connectivity index (χ4n) is 3.94. The minimum absolute atomic E-state index is 0.0934. The highest BCUT2D eigenvalue weighted by molar-refractivity contribution is 5.75. The van der Waals surface area contributed by atoms with Gasteiger partial charge in [-0.25, -0.2) is 4.79 Å². The van der Waals surface area contributed by atoms with Crippen LogP contribution in [0.3, 0.4) is 0 Å². The fraction of sp³-hybridized carbons (Fsp3) is 0.650. The molecule has 2 N–H and O–H groups in total. The average molecular weight is 330 g/mol. The quantitative estimate of drug-likeness (QED) is 0.801. The van der Waals surface area contributed by atoms with Crippen molar-refractivity contribution in [1.82, 2.24) is 10.2 Å². The second-order valence-electron chi connectivity index (χ2n) is 7.46. The predicted molar refractivity (Wildman–Crippen MR) is 96.0 cm³/mol. The topological polar surface area (TPSA) is 52.6 Å². The molecule has 3 rings (SSSR count). The number of carbonyl (C=O) groups is 1. The molecule has 2 aliphatic rings. The number of nitrogens with one attached hydrogen (secondary N) is 1. The zero-order valence-electron chi connectivity index (χ0n) is 14.7. The van der Waals surface area contributed by atoms with E-state index >= 15 is 0 Å². The number of hydrogen-bond acceptors (Lipinski definition) is 2. The number of rotatable bonds is 7. The zero-order valence-corrected chi connectivity index (χ0v) is 14.7. The maximum absolute atomic E-state index is 12.8. The first-order valence-corrected chi connectivity index (χ1v) is 9.44. The van der Waals surface area contributed by atoms with Crippen LogP contribution in [0.1, 0.15) is 63.4 Å². The van der Waals surface area contributed by atoms with Gasteiger partial charge < -0.3 is 15.3 Å². The van der Waals surface area contributed by atoms with Crippen molar-refractivity contribution >= 4 is 6.03 Å². The van der Waals surface area contributed by atoms with Gasteiger partial charge in [0.05, 0.1) is 6.10 Å². The van der Waals surface area contributed by atoms with Gasteiger partial charge in [0.25, 0.3) is 0 Å². The van der Waals surface area contributed by atoms with Crippen LogP contribution in [0.5, 0.6) is 0 Å². The Kier molecular flexibility index (Phi) is 5.77. The molecule has 2 fully saturated rings. The van der Waals surface area contributed by atoms with E-state index in [-0.39, 0.29) is 18.1 Å². The third-order valence-corrected chi connectivity index (χ3v) is 5.29. The van der Waals surface area contributed by atoms with Crippen molar-refractivity contribution in [2.24, 2.45) is 0 Å². The van der Waals surface area contributed by atoms with E-state index in [4.69, 9.17) is 0 Å². The Morgan fingerprint density at radius 2 is 1.79 bits per heavy atom. The summed E-state index contributed by atoms with van der Waals surface area (Å²) >= 11 is 0. The van der Waals surface area contributed by atoms with Gasteiger partial charge in [0, 0.05) is 24.5 Å². The molecule has 4 nitrogen and oxygen atoms in total. The van der Waals surface area contributed by atoms with Crippen molar-refractivity contribution in [1.29, 1.82) is 0 Å². The Bertz CT molecular complexity index is 522. The molecule has 0 aromatic heterocycles. The van der Waals surface area contributed by atoms with Gasteiger partial charge in [-0.1, -0.05) is 43.2 Å². The third kappa shape index (κ3) is 4.50. The summed E-state index contributed by atoms with van der Waals surface area (Å²) in [4.78, 5) is 14.9. The van der Waals surface area contributed by atoms with E-state index in [1.807, 2.05) is 25.1 Å². The first-order valence-electron chi connectivity index (χ1n) is 9.44. The van der Waals surface area contributed by atoms with Gasteiger partial charge in [0.2, 0.25) is 0 Å². The van der Waals surface area contributed by atoms with Gasteiger partial charge in [-0.2, -0.15) is 0 Å². The molecule has 1 aromatic rings. The maximum Gasteiger partial charge on any atom is 0.317 e. The number of aliphatic hydroxyl groups is 1. The Balaban J connectivity index is 1.61. The summed E-state index contributed by atoms with van der Waals surface area (Å²) < 4.78 is 0. The lowest BCUT2D eigenvalue weighted by Crippen LogP contribution is -2.47. The van der Waals surface area contributed by atoms with Gasteiger partial charge in [-0.3, -0.25) is 0 Å². The number of urea groups is 1. The van der Waals surface area contributed by atoms with Crippen LogP contribution in [0.4, 0.5) is 4.79 Å². The molecule has 0 bridgehead atoms. The lowest BCUT2D eigenvalue weighted by molar-refractivity contribution is 0.162. The lowest BCUT2D eigenvalue weighted by Gasteiger charge is -2.30. The number of benzene rings is 1. The fourth-order valence-corrected chi connectivity index (χ4v) is 3.94. The van der Waals surface area contributed by atoms with Crippen molar-refractivity contribution in [2.45, 2.75) is 76.0 Å². The van der Waals surface area contributed by atoms with E-state index in [0.717, 1.165) is 25.7 Å². The summed E-state index contributed by atoms with van der Waals surface area (Å²) in [6.45, 7) is 2.40. The third-order valence-electron chi connectivity index (χ3n) is 5.29. The summed E-state index contributed by atoms with van der Waals surface area (Å²) in [5.74, 6) is 0.153. The Morgan fingerprint density at radius 3 is 2.38 bits per heavy atom. The van der Waals surface area contributed by atoms with Gasteiger partial charge in [-0.05, 0) is 44.6 Å². The first kappa shape index (κ1) is 17.3. The molecule has 0 radical (unpaired) electrons. The van der Waals surface area contributed by atoms with Crippen LogP contribution in [-0.4, -0.2) is 40.8 Å². The van der Waals surface area contributed by atoms with Gasteiger partial charge in [0.1, 0.15) is 0 Å². The molecule has 0 saturated heterocycles. The molecule has 0 heterocycles. The minimum Gasteiger partial charge on any atom is -0.393 e. The zero-order chi connectivity index (χ0) is 16.9.